The lowest BCUT2D eigenvalue weighted by molar-refractivity contribution is -0.114. The van der Waals surface area contributed by atoms with Gasteiger partial charge in [0, 0.05) is 6.92 Å². The Balaban J connectivity index is 2.65. The molecule has 0 atom stereocenters. The summed E-state index contributed by atoms with van der Waals surface area (Å²) in [7, 11) is 0. The number of nitriles is 1. The second-order valence-electron chi connectivity index (χ2n) is 4.14. The van der Waals surface area contributed by atoms with Gasteiger partial charge in [0.1, 0.15) is 11.6 Å². The molecule has 0 bridgehead atoms. The fourth-order valence-electron chi connectivity index (χ4n) is 1.70. The van der Waals surface area contributed by atoms with Gasteiger partial charge in [-0.2, -0.15) is 10.4 Å². The summed E-state index contributed by atoms with van der Waals surface area (Å²) in [6, 6.07) is 5.47. The smallest absolute Gasteiger partial charge is 0.222 e. The number of hydrogen-bond donors (Lipinski definition) is 1. The van der Waals surface area contributed by atoms with Crippen molar-refractivity contribution >= 4 is 34.9 Å². The fourth-order valence-corrected chi connectivity index (χ4v) is 2.15. The Hall–Kier alpha value is -2.03. The van der Waals surface area contributed by atoms with Crippen molar-refractivity contribution in [3.8, 4) is 11.8 Å². The number of carbonyl (C=O) groups is 1. The first-order valence-electron chi connectivity index (χ1n) is 5.66. The van der Waals surface area contributed by atoms with Crippen molar-refractivity contribution in [1.82, 2.24) is 9.78 Å². The number of hydrogen-bond acceptors (Lipinski definition) is 3. The lowest BCUT2D eigenvalue weighted by atomic mass is 10.2. The summed E-state index contributed by atoms with van der Waals surface area (Å²) in [5, 5.41) is 16.4. The Bertz CT molecular complexity index is 731. The number of benzene rings is 1. The highest BCUT2D eigenvalue weighted by Crippen LogP contribution is 2.33. The van der Waals surface area contributed by atoms with Crippen LogP contribution in [0.5, 0.6) is 0 Å². The minimum absolute atomic E-state index is 0.243. The van der Waals surface area contributed by atoms with Crippen molar-refractivity contribution in [2.75, 3.05) is 5.32 Å². The molecule has 5 nitrogen and oxygen atoms in total. The van der Waals surface area contributed by atoms with Crippen molar-refractivity contribution in [2.24, 2.45) is 0 Å². The van der Waals surface area contributed by atoms with E-state index in [1.165, 1.54) is 17.8 Å². The van der Waals surface area contributed by atoms with E-state index >= 15 is 0 Å². The molecule has 0 aliphatic carbocycles. The van der Waals surface area contributed by atoms with Crippen LogP contribution in [0.15, 0.2) is 18.3 Å². The molecule has 7 heteroatoms. The first kappa shape index (κ1) is 14.4. The number of amides is 1. The van der Waals surface area contributed by atoms with Crippen molar-refractivity contribution in [3.63, 3.8) is 0 Å². The van der Waals surface area contributed by atoms with Gasteiger partial charge in [-0.25, -0.2) is 4.68 Å². The quantitative estimate of drug-likeness (QED) is 0.925. The topological polar surface area (TPSA) is 70.7 Å². The molecule has 1 heterocycles. The summed E-state index contributed by atoms with van der Waals surface area (Å²) in [5.41, 5.74) is 1.56. The first-order chi connectivity index (χ1) is 9.45. The van der Waals surface area contributed by atoms with Crippen LogP contribution in [-0.2, 0) is 4.79 Å². The van der Waals surface area contributed by atoms with Crippen LogP contribution in [0.4, 0.5) is 5.82 Å². The highest BCUT2D eigenvalue weighted by molar-refractivity contribution is 6.43. The average Bonchev–Trinajstić information content (AvgIpc) is 2.78. The van der Waals surface area contributed by atoms with E-state index in [1.807, 2.05) is 13.0 Å². The fraction of sp³-hybridized carbons (Fsp3) is 0.154. The summed E-state index contributed by atoms with van der Waals surface area (Å²) in [5.74, 6) is -0.0422. The van der Waals surface area contributed by atoms with Crippen LogP contribution >= 0.6 is 23.2 Å². The number of aryl methyl sites for hydroxylation is 1. The van der Waals surface area contributed by atoms with Gasteiger partial charge in [-0.3, -0.25) is 4.79 Å². The van der Waals surface area contributed by atoms with E-state index in [1.54, 1.807) is 12.1 Å². The van der Waals surface area contributed by atoms with Gasteiger partial charge in [-0.15, -0.1) is 0 Å². The molecular weight excluding hydrogens is 299 g/mol. The summed E-state index contributed by atoms with van der Waals surface area (Å²) < 4.78 is 1.38. The normalized spacial score (nSPS) is 10.2. The Morgan fingerprint density at radius 3 is 2.70 bits per heavy atom. The number of rotatable bonds is 2. The predicted octanol–water partition coefficient (Wildman–Crippen LogP) is 3.32. The van der Waals surface area contributed by atoms with Gasteiger partial charge < -0.3 is 5.32 Å². The lowest BCUT2D eigenvalue weighted by Gasteiger charge is -2.11. The van der Waals surface area contributed by atoms with E-state index in [-0.39, 0.29) is 17.3 Å². The Morgan fingerprint density at radius 1 is 1.40 bits per heavy atom. The van der Waals surface area contributed by atoms with Crippen molar-refractivity contribution in [3.05, 3.63) is 39.5 Å². The van der Waals surface area contributed by atoms with E-state index in [4.69, 9.17) is 28.5 Å². The maximum Gasteiger partial charge on any atom is 0.222 e. The van der Waals surface area contributed by atoms with Gasteiger partial charge in [-0.1, -0.05) is 29.3 Å². The van der Waals surface area contributed by atoms with Gasteiger partial charge in [0.25, 0.3) is 0 Å². The third-order valence-corrected chi connectivity index (χ3v) is 3.63. The van der Waals surface area contributed by atoms with Crippen LogP contribution in [-0.4, -0.2) is 15.7 Å². The van der Waals surface area contributed by atoms with Crippen LogP contribution in [0.2, 0.25) is 10.0 Å². The first-order valence-corrected chi connectivity index (χ1v) is 6.42. The zero-order valence-corrected chi connectivity index (χ0v) is 12.2. The molecule has 0 saturated heterocycles. The molecule has 0 aliphatic heterocycles. The number of nitrogens with one attached hydrogen (secondary N) is 1. The monoisotopic (exact) mass is 308 g/mol. The van der Waals surface area contributed by atoms with E-state index in [9.17, 15) is 4.79 Å². The van der Waals surface area contributed by atoms with Gasteiger partial charge in [0.15, 0.2) is 5.82 Å². The third-order valence-electron chi connectivity index (χ3n) is 2.67. The molecule has 102 valence electrons. The molecule has 0 unspecified atom stereocenters. The molecule has 20 heavy (non-hydrogen) atoms. The lowest BCUT2D eigenvalue weighted by Crippen LogP contribution is -2.12. The maximum atomic E-state index is 11.2. The van der Waals surface area contributed by atoms with Gasteiger partial charge in [0.05, 0.1) is 21.9 Å². The zero-order valence-electron chi connectivity index (χ0n) is 10.7. The second kappa shape index (κ2) is 5.53. The van der Waals surface area contributed by atoms with Crippen LogP contribution in [0.1, 0.15) is 18.1 Å². The van der Waals surface area contributed by atoms with E-state index in [0.29, 0.717) is 15.7 Å². The predicted molar refractivity (Wildman–Crippen MR) is 77.3 cm³/mol. The Morgan fingerprint density at radius 2 is 2.10 bits per heavy atom. The van der Waals surface area contributed by atoms with Gasteiger partial charge in [0.2, 0.25) is 5.91 Å². The molecule has 0 radical (unpaired) electrons. The summed E-state index contributed by atoms with van der Waals surface area (Å²) in [6.07, 6.45) is 1.36. The summed E-state index contributed by atoms with van der Waals surface area (Å²) >= 11 is 12.3. The standard InChI is InChI=1S/C13H10Cl2N4O/c1-7-3-4-10(12(15)11(7)14)19-13(18-8(2)20)9(5-16)6-17-19/h3-4,6H,1-2H3,(H,18,20). The summed E-state index contributed by atoms with van der Waals surface area (Å²) in [4.78, 5) is 11.2. The minimum atomic E-state index is -0.308. The largest absolute Gasteiger partial charge is 0.310 e. The molecule has 1 amide bonds. The molecule has 1 aromatic carbocycles. The SMILES string of the molecule is CC(=O)Nc1c(C#N)cnn1-c1ccc(C)c(Cl)c1Cl. The summed E-state index contributed by atoms with van der Waals surface area (Å²) in [6.45, 7) is 3.18. The highest BCUT2D eigenvalue weighted by Gasteiger charge is 2.17. The number of anilines is 1. The minimum Gasteiger partial charge on any atom is -0.310 e. The second-order valence-corrected chi connectivity index (χ2v) is 4.90. The Kier molecular flexibility index (Phi) is 3.98. The van der Waals surface area contributed by atoms with Gasteiger partial charge in [-0.05, 0) is 18.6 Å². The highest BCUT2D eigenvalue weighted by atomic mass is 35.5. The van der Waals surface area contributed by atoms with Crippen LogP contribution < -0.4 is 5.32 Å². The van der Waals surface area contributed by atoms with Crippen LogP contribution in [0.25, 0.3) is 5.69 Å². The Labute approximate surface area is 125 Å². The van der Waals surface area contributed by atoms with Crippen LogP contribution in [0, 0.1) is 18.3 Å². The zero-order chi connectivity index (χ0) is 14.9. The van der Waals surface area contributed by atoms with Crippen molar-refractivity contribution < 1.29 is 4.79 Å². The number of nitrogens with zero attached hydrogens (tertiary/aromatic N) is 3. The van der Waals surface area contributed by atoms with Crippen molar-refractivity contribution in [2.45, 2.75) is 13.8 Å². The molecular formula is C13H10Cl2N4O. The van der Waals surface area contributed by atoms with E-state index in [2.05, 4.69) is 10.4 Å². The van der Waals surface area contributed by atoms with E-state index in [0.717, 1.165) is 5.56 Å². The number of carbonyl (C=O) groups excluding carboxylic acids is 1. The molecule has 2 rings (SSSR count). The van der Waals surface area contributed by atoms with Crippen LogP contribution in [0.3, 0.4) is 0 Å². The van der Waals surface area contributed by atoms with Crippen molar-refractivity contribution in [1.29, 1.82) is 5.26 Å². The average molecular weight is 309 g/mol. The third kappa shape index (κ3) is 2.48. The molecule has 0 spiro atoms. The molecule has 2 aromatic rings. The molecule has 1 N–H and O–H groups in total. The number of halogens is 2. The van der Waals surface area contributed by atoms with E-state index < -0.39 is 0 Å². The molecule has 0 fully saturated rings. The molecule has 1 aromatic heterocycles. The molecule has 0 saturated carbocycles. The maximum absolute atomic E-state index is 11.2. The molecule has 0 aliphatic rings. The number of aromatic nitrogens is 2. The van der Waals surface area contributed by atoms with Gasteiger partial charge >= 0.3 is 0 Å².